The van der Waals surface area contributed by atoms with Crippen LogP contribution in [0.5, 0.6) is 0 Å². The van der Waals surface area contributed by atoms with Crippen LogP contribution in [0, 0.1) is 0 Å². The molecule has 0 fully saturated rings. The molecule has 0 heterocycles. The molecule has 474 valence electrons. The first-order chi connectivity index (χ1) is 39.3. The molecule has 0 saturated heterocycles. The molecule has 0 atom stereocenters. The van der Waals surface area contributed by atoms with E-state index in [0.717, 1.165) is 37.7 Å². The van der Waals surface area contributed by atoms with Crippen LogP contribution in [-0.2, 0) is 120 Å². The molecule has 0 bridgehead atoms. The fourth-order valence-electron chi connectivity index (χ4n) is 9.04. The number of nitrogens with one attached hydrogen (secondary N) is 1. The molecule has 0 radical (unpaired) electrons. The molecule has 0 aromatic rings. The predicted octanol–water partition coefficient (Wildman–Crippen LogP) is 17.0. The summed E-state index contributed by atoms with van der Waals surface area (Å²) >= 11 is 0. The van der Waals surface area contributed by atoms with Gasteiger partial charge >= 0.3 is 5.97 Å². The van der Waals surface area contributed by atoms with Gasteiger partial charge in [-0.2, -0.15) is 0 Å². The van der Waals surface area contributed by atoms with Crippen molar-refractivity contribution in [2.75, 3.05) is 6.61 Å². The third-order valence-corrected chi connectivity index (χ3v) is 13.3. The van der Waals surface area contributed by atoms with Crippen LogP contribution in [0.3, 0.4) is 0 Å². The van der Waals surface area contributed by atoms with Crippen molar-refractivity contribution in [3.8, 4) is 0 Å². The first kappa shape index (κ1) is 77.5. The van der Waals surface area contributed by atoms with Gasteiger partial charge in [0.25, 0.3) is 0 Å². The van der Waals surface area contributed by atoms with Crippen molar-refractivity contribution in [1.82, 2.24) is 5.64 Å². The van der Waals surface area contributed by atoms with Crippen LogP contribution in [0.1, 0.15) is 321 Å². The van der Waals surface area contributed by atoms with E-state index in [4.69, 9.17) is 15.2 Å². The Labute approximate surface area is 469 Å². The molecule has 79 heavy (non-hydrogen) atoms. The van der Waals surface area contributed by atoms with Crippen molar-refractivity contribution >= 4 is 5.97 Å². The highest BCUT2D eigenvalue weighted by Crippen LogP contribution is 2.19. The first-order valence-corrected chi connectivity index (χ1v) is 30.2. The highest BCUT2D eigenvalue weighted by Gasteiger charge is 2.04. The summed E-state index contributed by atoms with van der Waals surface area (Å²) in [5, 5.41) is 94.0. The summed E-state index contributed by atoms with van der Waals surface area (Å²) in [7, 11) is 0. The van der Waals surface area contributed by atoms with Crippen molar-refractivity contribution in [3.05, 3.63) is 0 Å². The lowest BCUT2D eigenvalue weighted by molar-refractivity contribution is -0.898. The van der Waals surface area contributed by atoms with Gasteiger partial charge in [-0.1, -0.05) is 307 Å². The molecule has 27 heteroatoms. The van der Waals surface area contributed by atoms with Crippen molar-refractivity contribution < 1.29 is 131 Å². The summed E-state index contributed by atoms with van der Waals surface area (Å²) in [6.45, 7) is 0.280. The minimum absolute atomic E-state index is 0.280. The van der Waals surface area contributed by atoms with Gasteiger partial charge in [0.2, 0.25) is 0 Å². The normalized spacial score (nSPS) is 11.7. The van der Waals surface area contributed by atoms with Crippen LogP contribution < -0.4 is 5.64 Å². The summed E-state index contributed by atoms with van der Waals surface area (Å²) in [5.74, 6) is -0.657. The van der Waals surface area contributed by atoms with E-state index < -0.39 is 5.97 Å². The molecule has 0 unspecified atom stereocenters. The summed E-state index contributed by atoms with van der Waals surface area (Å²) in [4.78, 5) is 18.8. The van der Waals surface area contributed by atoms with Crippen molar-refractivity contribution in [2.45, 2.75) is 321 Å². The van der Waals surface area contributed by atoms with Gasteiger partial charge in [0.15, 0.2) is 0 Å². The van der Waals surface area contributed by atoms with Crippen molar-refractivity contribution in [3.63, 3.8) is 0 Å². The molecule has 0 amide bonds. The predicted molar refractivity (Wildman–Crippen MR) is 273 cm³/mol. The Morgan fingerprint density at radius 2 is 0.367 bits per heavy atom. The Bertz CT molecular complexity index is 1100. The second-order valence-corrected chi connectivity index (χ2v) is 19.9. The van der Waals surface area contributed by atoms with Gasteiger partial charge in [0.05, 0.1) is 6.61 Å². The number of aliphatic carboxylic acids is 1. The molecule has 27 nitrogen and oxygen atoms in total. The van der Waals surface area contributed by atoms with Gasteiger partial charge in [0, 0.05) is 31.6 Å². The fraction of sp³-hybridized carbons (Fsp3) is 0.981. The molecule has 0 aliphatic rings. The van der Waals surface area contributed by atoms with E-state index in [1.807, 2.05) is 0 Å². The van der Waals surface area contributed by atoms with E-state index in [9.17, 15) is 4.79 Å². The Morgan fingerprint density at radius 3 is 0.544 bits per heavy atom. The van der Waals surface area contributed by atoms with E-state index >= 15 is 0 Å². The molecular weight excluding hydrogens is 1050 g/mol. The van der Waals surface area contributed by atoms with Crippen LogP contribution in [0.2, 0.25) is 0 Å². The van der Waals surface area contributed by atoms with Gasteiger partial charge in [0.1, 0.15) is 0 Å². The van der Waals surface area contributed by atoms with Gasteiger partial charge in [-0.05, 0) is 99.1 Å². The second kappa shape index (κ2) is 74.5. The lowest BCUT2D eigenvalue weighted by atomic mass is 10.0. The van der Waals surface area contributed by atoms with E-state index in [1.165, 1.54) is 283 Å². The standard InChI is InChI=1S/C52H105NO26/c54-52(55)50-48-46-44-42-40-38-36-34-32-30-28-26-24-22-20-18-16-14-12-10-8-6-4-2-1-3-5-7-9-11-13-15-17-19-21-23-25-27-29-31-33-35-37-39-41-43-45-47-49-51-57-59-61-63-65-67-69-71-73-75-77-79-78-76-74-72-70-68-66-64-62-60-58-53-56/h53,56H,1-51H2,(H,54,55). The SMILES string of the molecule is O=C(O)CCCCCCCCCCCCCCCCCCCCCCCCCCCCCCCCCCCCCCCCCCCCCCCCCCCOOOOOOOOOOOOOOOOOOOOOOONO. The lowest BCUT2D eigenvalue weighted by Crippen LogP contribution is -2.10. The number of carboxylic acids is 1. The van der Waals surface area contributed by atoms with Gasteiger partial charge in [-0.3, -0.25) is 10.0 Å². The van der Waals surface area contributed by atoms with Crippen LogP contribution in [0.25, 0.3) is 0 Å². The molecule has 0 aliphatic carbocycles. The molecule has 0 rings (SSSR count). The maximum absolute atomic E-state index is 10.5. The van der Waals surface area contributed by atoms with Gasteiger partial charge < -0.3 is 5.11 Å². The van der Waals surface area contributed by atoms with E-state index in [0.29, 0.717) is 6.42 Å². The average molecular weight is 1160 g/mol. The molecule has 0 aromatic heterocycles. The Morgan fingerprint density at radius 1 is 0.215 bits per heavy atom. The second-order valence-electron chi connectivity index (χ2n) is 19.9. The third kappa shape index (κ3) is 76.5. The molecule has 3 N–H and O–H groups in total. The summed E-state index contributed by atoms with van der Waals surface area (Å²) < 4.78 is 0. The first-order valence-electron chi connectivity index (χ1n) is 30.2. The molecular formula is C52H105NO26. The van der Waals surface area contributed by atoms with Gasteiger partial charge in [-0.25, -0.2) is 4.89 Å². The Hall–Kier alpha value is -1.53. The molecule has 0 saturated carbocycles. The largest absolute Gasteiger partial charge is 0.481 e. The molecule has 0 spiro atoms. The minimum Gasteiger partial charge on any atom is -0.481 e. The summed E-state index contributed by atoms with van der Waals surface area (Å²) in [5.41, 5.74) is 1.05. The Balaban J connectivity index is 3.08. The number of carbonyl (C=O) groups is 1. The lowest BCUT2D eigenvalue weighted by Gasteiger charge is -2.05. The highest BCUT2D eigenvalue weighted by molar-refractivity contribution is 5.66. The topological polar surface area (TPSA) is 282 Å². The van der Waals surface area contributed by atoms with E-state index in [1.54, 1.807) is 0 Å². The number of hydrogen-bond acceptors (Lipinski definition) is 26. The van der Waals surface area contributed by atoms with Crippen LogP contribution in [0.4, 0.5) is 0 Å². The zero-order chi connectivity index (χ0) is 56.6. The maximum atomic E-state index is 10.5. The monoisotopic (exact) mass is 1160 g/mol. The van der Waals surface area contributed by atoms with Crippen molar-refractivity contribution in [1.29, 1.82) is 0 Å². The van der Waals surface area contributed by atoms with Crippen LogP contribution >= 0.6 is 0 Å². The van der Waals surface area contributed by atoms with Crippen LogP contribution in [-0.4, -0.2) is 22.9 Å². The Kier molecular flexibility index (Phi) is 73.0. The van der Waals surface area contributed by atoms with Crippen LogP contribution in [0.15, 0.2) is 0 Å². The minimum atomic E-state index is -0.657. The zero-order valence-corrected chi connectivity index (χ0v) is 47.8. The average Bonchev–Trinajstić information content (AvgIpc) is 3.45. The van der Waals surface area contributed by atoms with E-state index in [2.05, 4.69) is 111 Å². The quantitative estimate of drug-likeness (QED) is 0.0290. The number of unbranched alkanes of at least 4 members (excludes halogenated alkanes) is 48. The summed E-state index contributed by atoms with van der Waals surface area (Å²) in [6, 6.07) is 0. The fourth-order valence-corrected chi connectivity index (χ4v) is 9.04. The number of rotatable bonds is 75. The third-order valence-electron chi connectivity index (χ3n) is 13.3. The van der Waals surface area contributed by atoms with E-state index in [-0.39, 0.29) is 6.61 Å². The smallest absolute Gasteiger partial charge is 0.303 e. The maximum Gasteiger partial charge on any atom is 0.303 e. The number of carboxylic acid groups (broad SMARTS) is 1. The molecule has 0 aromatic carbocycles. The highest BCUT2D eigenvalue weighted by atomic mass is 18.0. The van der Waals surface area contributed by atoms with Gasteiger partial charge in [-0.15, -0.1) is 0 Å². The zero-order valence-electron chi connectivity index (χ0n) is 47.8. The van der Waals surface area contributed by atoms with Crippen molar-refractivity contribution in [2.24, 2.45) is 0 Å². The summed E-state index contributed by atoms with van der Waals surface area (Å²) in [6.07, 6.45) is 66.7. The number of hydrogen-bond donors (Lipinski definition) is 3. The molecule has 0 aliphatic heterocycles.